The highest BCUT2D eigenvalue weighted by molar-refractivity contribution is 5.94. The van der Waals surface area contributed by atoms with Crippen LogP contribution < -0.4 is 11.1 Å². The molecule has 0 aliphatic heterocycles. The summed E-state index contributed by atoms with van der Waals surface area (Å²) < 4.78 is 26.2. The second-order valence-corrected chi connectivity index (χ2v) is 4.65. The Hall–Kier alpha value is -2.27. The van der Waals surface area contributed by atoms with Crippen LogP contribution >= 0.6 is 0 Å². The lowest BCUT2D eigenvalue weighted by atomic mass is 10.1. The number of hydrogen-bond acceptors (Lipinski definition) is 2. The summed E-state index contributed by atoms with van der Waals surface area (Å²) in [5.74, 6) is -1.46. The molecule has 110 valence electrons. The number of halogens is 2. The Morgan fingerprint density at radius 2 is 1.95 bits per heavy atom. The number of carbonyl (C=O) groups is 1. The Kier molecular flexibility index (Phi) is 5.00. The van der Waals surface area contributed by atoms with Gasteiger partial charge in [0.05, 0.1) is 0 Å². The van der Waals surface area contributed by atoms with Crippen LogP contribution in [0.3, 0.4) is 0 Å². The fourth-order valence-electron chi connectivity index (χ4n) is 1.98. The molecule has 0 aliphatic carbocycles. The Labute approximate surface area is 121 Å². The zero-order valence-electron chi connectivity index (χ0n) is 11.4. The Morgan fingerprint density at radius 3 is 2.67 bits per heavy atom. The van der Waals surface area contributed by atoms with Crippen molar-refractivity contribution < 1.29 is 13.6 Å². The first kappa shape index (κ1) is 15.1. The highest BCUT2D eigenvalue weighted by Gasteiger charge is 2.07. The third-order valence-electron chi connectivity index (χ3n) is 3.12. The summed E-state index contributed by atoms with van der Waals surface area (Å²) in [6.45, 7) is 0.635. The molecule has 2 rings (SSSR count). The van der Waals surface area contributed by atoms with E-state index in [2.05, 4.69) is 5.32 Å². The molecule has 0 saturated heterocycles. The van der Waals surface area contributed by atoms with Crippen molar-refractivity contribution in [3.63, 3.8) is 0 Å². The summed E-state index contributed by atoms with van der Waals surface area (Å²) >= 11 is 0. The molecule has 1 amide bonds. The largest absolute Gasteiger partial charge is 0.352 e. The van der Waals surface area contributed by atoms with Crippen molar-refractivity contribution in [2.45, 2.75) is 13.0 Å². The maximum atomic E-state index is 13.4. The first-order valence-electron chi connectivity index (χ1n) is 6.61. The van der Waals surface area contributed by atoms with Crippen LogP contribution in [0.25, 0.3) is 0 Å². The van der Waals surface area contributed by atoms with Crippen molar-refractivity contribution >= 4 is 5.91 Å². The molecule has 5 heteroatoms. The molecule has 0 unspecified atom stereocenters. The summed E-state index contributed by atoms with van der Waals surface area (Å²) in [5, 5.41) is 2.70. The maximum Gasteiger partial charge on any atom is 0.251 e. The molecule has 3 nitrogen and oxygen atoms in total. The Morgan fingerprint density at radius 1 is 1.14 bits per heavy atom. The molecule has 0 radical (unpaired) electrons. The lowest BCUT2D eigenvalue weighted by Gasteiger charge is -2.07. The van der Waals surface area contributed by atoms with Gasteiger partial charge >= 0.3 is 0 Å². The van der Waals surface area contributed by atoms with Crippen LogP contribution in [0.2, 0.25) is 0 Å². The molecule has 0 atom stereocenters. The predicted molar refractivity (Wildman–Crippen MR) is 76.7 cm³/mol. The maximum absolute atomic E-state index is 13.4. The number of benzene rings is 2. The standard InChI is InChI=1S/C16H16F2N2O/c17-14-5-4-12(15(18)9-14)6-7-20-16(21)13-3-1-2-11(8-13)10-19/h1-5,8-9H,6-7,10,19H2,(H,20,21). The van der Waals surface area contributed by atoms with Crippen LogP contribution in [0.1, 0.15) is 21.5 Å². The second kappa shape index (κ2) is 6.95. The molecule has 21 heavy (non-hydrogen) atoms. The van der Waals surface area contributed by atoms with Gasteiger partial charge < -0.3 is 11.1 Å². The van der Waals surface area contributed by atoms with Gasteiger partial charge in [0, 0.05) is 24.7 Å². The van der Waals surface area contributed by atoms with E-state index in [0.29, 0.717) is 24.1 Å². The molecule has 3 N–H and O–H groups in total. The zero-order valence-corrected chi connectivity index (χ0v) is 11.4. The van der Waals surface area contributed by atoms with Crippen LogP contribution in [0, 0.1) is 11.6 Å². The van der Waals surface area contributed by atoms with E-state index >= 15 is 0 Å². The fraction of sp³-hybridized carbons (Fsp3) is 0.188. The van der Waals surface area contributed by atoms with Gasteiger partial charge in [0.25, 0.3) is 5.91 Å². The normalized spacial score (nSPS) is 10.4. The van der Waals surface area contributed by atoms with Crippen molar-refractivity contribution in [3.05, 3.63) is 70.8 Å². The van der Waals surface area contributed by atoms with Crippen LogP contribution in [0.5, 0.6) is 0 Å². The number of amides is 1. The van der Waals surface area contributed by atoms with E-state index in [9.17, 15) is 13.6 Å². The van der Waals surface area contributed by atoms with Gasteiger partial charge in [-0.25, -0.2) is 8.78 Å². The van der Waals surface area contributed by atoms with Crippen LogP contribution in [0.4, 0.5) is 8.78 Å². The number of hydrogen-bond donors (Lipinski definition) is 2. The van der Waals surface area contributed by atoms with E-state index in [4.69, 9.17) is 5.73 Å². The average Bonchev–Trinajstić information content (AvgIpc) is 2.49. The molecule has 0 spiro atoms. The molecule has 2 aromatic rings. The second-order valence-electron chi connectivity index (χ2n) is 4.65. The van der Waals surface area contributed by atoms with Gasteiger partial charge in [-0.3, -0.25) is 4.79 Å². The fourth-order valence-corrected chi connectivity index (χ4v) is 1.98. The van der Waals surface area contributed by atoms with Gasteiger partial charge in [-0.15, -0.1) is 0 Å². The molecular formula is C16H16F2N2O. The summed E-state index contributed by atoms with van der Waals surface area (Å²) in [7, 11) is 0. The van der Waals surface area contributed by atoms with Crippen molar-refractivity contribution in [1.82, 2.24) is 5.32 Å². The third-order valence-corrected chi connectivity index (χ3v) is 3.12. The van der Waals surface area contributed by atoms with Crippen LogP contribution in [-0.4, -0.2) is 12.5 Å². The zero-order chi connectivity index (χ0) is 15.2. The van der Waals surface area contributed by atoms with Crippen molar-refractivity contribution in [1.29, 1.82) is 0 Å². The van der Waals surface area contributed by atoms with Crippen molar-refractivity contribution in [2.24, 2.45) is 5.73 Å². The van der Waals surface area contributed by atoms with Gasteiger partial charge in [-0.05, 0) is 35.7 Å². The monoisotopic (exact) mass is 290 g/mol. The van der Waals surface area contributed by atoms with Crippen molar-refractivity contribution in [2.75, 3.05) is 6.54 Å². The minimum atomic E-state index is -0.612. The molecule has 0 saturated carbocycles. The minimum absolute atomic E-state index is 0.243. The lowest BCUT2D eigenvalue weighted by molar-refractivity contribution is 0.0954. The van der Waals surface area contributed by atoms with E-state index in [1.165, 1.54) is 12.1 Å². The molecule has 0 heterocycles. The predicted octanol–water partition coefficient (Wildman–Crippen LogP) is 2.40. The number of carbonyl (C=O) groups excluding carboxylic acids is 1. The topological polar surface area (TPSA) is 55.1 Å². The van der Waals surface area contributed by atoms with Gasteiger partial charge in [0.2, 0.25) is 0 Å². The summed E-state index contributed by atoms with van der Waals surface area (Å²) in [4.78, 5) is 11.9. The molecule has 0 aliphatic rings. The molecule has 0 bridgehead atoms. The average molecular weight is 290 g/mol. The van der Waals surface area contributed by atoms with Gasteiger partial charge in [0.1, 0.15) is 11.6 Å². The van der Waals surface area contributed by atoms with Crippen LogP contribution in [0.15, 0.2) is 42.5 Å². The van der Waals surface area contributed by atoms with Gasteiger partial charge in [-0.2, -0.15) is 0 Å². The van der Waals surface area contributed by atoms with Crippen molar-refractivity contribution in [3.8, 4) is 0 Å². The van der Waals surface area contributed by atoms with E-state index in [1.807, 2.05) is 6.07 Å². The summed E-state index contributed by atoms with van der Waals surface area (Å²) in [6, 6.07) is 10.4. The van der Waals surface area contributed by atoms with E-state index < -0.39 is 11.6 Å². The van der Waals surface area contributed by atoms with E-state index in [-0.39, 0.29) is 12.5 Å². The number of nitrogens with two attached hydrogens (primary N) is 1. The lowest BCUT2D eigenvalue weighted by Crippen LogP contribution is -2.26. The summed E-state index contributed by atoms with van der Waals surface area (Å²) in [6.07, 6.45) is 0.300. The SMILES string of the molecule is NCc1cccc(C(=O)NCCc2ccc(F)cc2F)c1. The number of nitrogens with one attached hydrogen (secondary N) is 1. The Balaban J connectivity index is 1.92. The van der Waals surface area contributed by atoms with Gasteiger partial charge in [-0.1, -0.05) is 18.2 Å². The molecular weight excluding hydrogens is 274 g/mol. The van der Waals surface area contributed by atoms with Gasteiger partial charge in [0.15, 0.2) is 0 Å². The first-order valence-corrected chi connectivity index (χ1v) is 6.61. The highest BCUT2D eigenvalue weighted by Crippen LogP contribution is 2.10. The summed E-state index contributed by atoms with van der Waals surface area (Å²) in [5.41, 5.74) is 7.27. The third kappa shape index (κ3) is 4.10. The first-order chi connectivity index (χ1) is 10.1. The Bertz CT molecular complexity index is 644. The quantitative estimate of drug-likeness (QED) is 0.888. The molecule has 0 fully saturated rings. The van der Waals surface area contributed by atoms with E-state index in [0.717, 1.165) is 11.6 Å². The molecule has 0 aromatic heterocycles. The molecule has 2 aromatic carbocycles. The van der Waals surface area contributed by atoms with Crippen LogP contribution in [-0.2, 0) is 13.0 Å². The smallest absolute Gasteiger partial charge is 0.251 e. The van der Waals surface area contributed by atoms with E-state index in [1.54, 1.807) is 18.2 Å². The minimum Gasteiger partial charge on any atom is -0.352 e. The number of rotatable bonds is 5. The highest BCUT2D eigenvalue weighted by atomic mass is 19.1.